The monoisotopic (exact) mass is 134 g/mol. The van der Waals surface area contributed by atoms with E-state index < -0.39 is 0 Å². The number of allylic oxidation sites excluding steroid dienone is 2. The maximum Gasteiger partial charge on any atom is 0.108 e. The van der Waals surface area contributed by atoms with Crippen LogP contribution in [0.5, 0.6) is 0 Å². The molecule has 10 heavy (non-hydrogen) atoms. The summed E-state index contributed by atoms with van der Waals surface area (Å²) in [6, 6.07) is 0. The third-order valence-electron chi connectivity index (χ3n) is 2.07. The Kier molecular flexibility index (Phi) is 1.01. The Labute approximate surface area is 60.4 Å². The van der Waals surface area contributed by atoms with Crippen molar-refractivity contribution in [3.05, 3.63) is 29.2 Å². The van der Waals surface area contributed by atoms with E-state index in [2.05, 4.69) is 13.0 Å². The molecule has 0 atom stereocenters. The molecule has 0 saturated heterocycles. The van der Waals surface area contributed by atoms with Crippen LogP contribution in [0.3, 0.4) is 0 Å². The molecule has 1 aromatic heterocycles. The Morgan fingerprint density at radius 3 is 2.90 bits per heavy atom. The predicted octanol–water partition coefficient (Wildman–Crippen LogP) is 2.55. The van der Waals surface area contributed by atoms with Gasteiger partial charge in [0.2, 0.25) is 0 Å². The lowest BCUT2D eigenvalue weighted by molar-refractivity contribution is 0.531. The number of furan rings is 1. The Bertz CT molecular complexity index is 292. The van der Waals surface area contributed by atoms with Gasteiger partial charge in [-0.1, -0.05) is 6.08 Å². The quantitative estimate of drug-likeness (QED) is 0.531. The van der Waals surface area contributed by atoms with E-state index in [4.69, 9.17) is 4.42 Å². The molecule has 1 heteroatoms. The van der Waals surface area contributed by atoms with Crippen LogP contribution in [-0.2, 0) is 6.42 Å². The molecule has 0 radical (unpaired) electrons. The lowest BCUT2D eigenvalue weighted by atomic mass is 10.1. The number of hydrogen-bond acceptors (Lipinski definition) is 1. The van der Waals surface area contributed by atoms with Crippen molar-refractivity contribution in [1.29, 1.82) is 0 Å². The first-order chi connectivity index (χ1) is 4.79. The Balaban J connectivity index is 2.66. The highest BCUT2D eigenvalue weighted by molar-refractivity contribution is 5.72. The molecule has 0 N–H and O–H groups in total. The molecule has 0 bridgehead atoms. The highest BCUT2D eigenvalue weighted by atomic mass is 16.3. The zero-order valence-corrected chi connectivity index (χ0v) is 6.27. The minimum Gasteiger partial charge on any atom is -0.469 e. The zero-order chi connectivity index (χ0) is 7.14. The van der Waals surface area contributed by atoms with E-state index in [9.17, 15) is 0 Å². The van der Waals surface area contributed by atoms with Crippen LogP contribution in [0.1, 0.15) is 23.8 Å². The third kappa shape index (κ3) is 0.576. The van der Waals surface area contributed by atoms with Gasteiger partial charge in [0.1, 0.15) is 5.76 Å². The van der Waals surface area contributed by atoms with Crippen molar-refractivity contribution in [1.82, 2.24) is 0 Å². The molecule has 0 amide bonds. The van der Waals surface area contributed by atoms with Gasteiger partial charge in [-0.15, -0.1) is 0 Å². The SMILES string of the molecule is CC1=CCc2coc(C)c21. The molecular formula is C9H10O. The summed E-state index contributed by atoms with van der Waals surface area (Å²) in [6.07, 6.45) is 5.16. The van der Waals surface area contributed by atoms with Gasteiger partial charge in [0, 0.05) is 11.1 Å². The molecule has 0 fully saturated rings. The van der Waals surface area contributed by atoms with Crippen LogP contribution < -0.4 is 0 Å². The van der Waals surface area contributed by atoms with Gasteiger partial charge in [0.05, 0.1) is 6.26 Å². The molecule has 0 saturated carbocycles. The van der Waals surface area contributed by atoms with Crippen molar-refractivity contribution < 1.29 is 4.42 Å². The van der Waals surface area contributed by atoms with Crippen molar-refractivity contribution in [2.75, 3.05) is 0 Å². The summed E-state index contributed by atoms with van der Waals surface area (Å²) in [5.74, 6) is 1.06. The zero-order valence-electron chi connectivity index (χ0n) is 6.27. The van der Waals surface area contributed by atoms with Gasteiger partial charge in [0.25, 0.3) is 0 Å². The highest BCUT2D eigenvalue weighted by Gasteiger charge is 2.15. The molecule has 1 aliphatic rings. The Morgan fingerprint density at radius 2 is 2.20 bits per heavy atom. The molecular weight excluding hydrogens is 124 g/mol. The second kappa shape index (κ2) is 1.75. The van der Waals surface area contributed by atoms with Crippen LogP contribution in [0.25, 0.3) is 5.57 Å². The van der Waals surface area contributed by atoms with Crippen LogP contribution in [0.2, 0.25) is 0 Å². The summed E-state index contributed by atoms with van der Waals surface area (Å²) in [4.78, 5) is 0. The highest BCUT2D eigenvalue weighted by Crippen LogP contribution is 2.30. The minimum absolute atomic E-state index is 1.05. The number of rotatable bonds is 0. The summed E-state index contributed by atoms with van der Waals surface area (Å²) in [5.41, 5.74) is 4.04. The Morgan fingerprint density at radius 1 is 1.40 bits per heavy atom. The van der Waals surface area contributed by atoms with Crippen LogP contribution in [0, 0.1) is 6.92 Å². The van der Waals surface area contributed by atoms with Crippen LogP contribution >= 0.6 is 0 Å². The van der Waals surface area contributed by atoms with Crippen molar-refractivity contribution in [3.8, 4) is 0 Å². The first-order valence-corrected chi connectivity index (χ1v) is 3.53. The van der Waals surface area contributed by atoms with Crippen molar-refractivity contribution in [2.24, 2.45) is 0 Å². The van der Waals surface area contributed by atoms with E-state index in [1.54, 1.807) is 0 Å². The van der Waals surface area contributed by atoms with Crippen molar-refractivity contribution >= 4 is 5.57 Å². The molecule has 1 heterocycles. The maximum atomic E-state index is 5.27. The summed E-state index contributed by atoms with van der Waals surface area (Å²) in [6.45, 7) is 4.15. The summed E-state index contributed by atoms with van der Waals surface area (Å²) >= 11 is 0. The van der Waals surface area contributed by atoms with E-state index >= 15 is 0 Å². The van der Waals surface area contributed by atoms with Gasteiger partial charge in [-0.3, -0.25) is 0 Å². The lowest BCUT2D eigenvalue weighted by Crippen LogP contribution is -1.76. The van der Waals surface area contributed by atoms with E-state index in [0.29, 0.717) is 0 Å². The topological polar surface area (TPSA) is 13.1 Å². The first-order valence-electron chi connectivity index (χ1n) is 3.53. The predicted molar refractivity (Wildman–Crippen MR) is 40.8 cm³/mol. The molecule has 0 aliphatic heterocycles. The van der Waals surface area contributed by atoms with Gasteiger partial charge >= 0.3 is 0 Å². The second-order valence-electron chi connectivity index (χ2n) is 2.78. The van der Waals surface area contributed by atoms with E-state index in [1.165, 1.54) is 16.7 Å². The molecule has 1 aromatic rings. The van der Waals surface area contributed by atoms with Gasteiger partial charge in [0.15, 0.2) is 0 Å². The molecule has 0 unspecified atom stereocenters. The molecule has 52 valence electrons. The van der Waals surface area contributed by atoms with E-state index in [1.807, 2.05) is 13.2 Å². The lowest BCUT2D eigenvalue weighted by Gasteiger charge is -1.91. The summed E-state index contributed by atoms with van der Waals surface area (Å²) < 4.78 is 5.27. The summed E-state index contributed by atoms with van der Waals surface area (Å²) in [7, 11) is 0. The van der Waals surface area contributed by atoms with Gasteiger partial charge in [-0.25, -0.2) is 0 Å². The normalized spacial score (nSPS) is 15.2. The molecule has 2 rings (SSSR count). The number of hydrogen-bond donors (Lipinski definition) is 0. The van der Waals surface area contributed by atoms with Gasteiger partial charge in [-0.2, -0.15) is 0 Å². The fourth-order valence-electron chi connectivity index (χ4n) is 1.55. The fourth-order valence-corrected chi connectivity index (χ4v) is 1.55. The maximum absolute atomic E-state index is 5.27. The molecule has 1 aliphatic carbocycles. The average Bonchev–Trinajstić information content (AvgIpc) is 2.40. The third-order valence-corrected chi connectivity index (χ3v) is 2.07. The molecule has 1 nitrogen and oxygen atoms in total. The molecule has 0 aromatic carbocycles. The minimum atomic E-state index is 1.05. The van der Waals surface area contributed by atoms with Crippen LogP contribution in [0.15, 0.2) is 16.8 Å². The smallest absolute Gasteiger partial charge is 0.108 e. The number of fused-ring (bicyclic) bond motifs is 1. The number of aryl methyl sites for hydroxylation is 1. The van der Waals surface area contributed by atoms with E-state index in [-0.39, 0.29) is 0 Å². The van der Waals surface area contributed by atoms with Gasteiger partial charge in [-0.05, 0) is 25.8 Å². The van der Waals surface area contributed by atoms with Crippen LogP contribution in [-0.4, -0.2) is 0 Å². The standard InChI is InChI=1S/C9H10O/c1-6-3-4-8-5-10-7(2)9(6)8/h3,5H,4H2,1-2H3. The Hall–Kier alpha value is -0.980. The van der Waals surface area contributed by atoms with Gasteiger partial charge < -0.3 is 4.42 Å². The second-order valence-corrected chi connectivity index (χ2v) is 2.78. The summed E-state index contributed by atoms with van der Waals surface area (Å²) in [5, 5.41) is 0. The largest absolute Gasteiger partial charge is 0.469 e. The fraction of sp³-hybridized carbons (Fsp3) is 0.333. The van der Waals surface area contributed by atoms with Crippen molar-refractivity contribution in [3.63, 3.8) is 0 Å². The first kappa shape index (κ1) is 5.78. The van der Waals surface area contributed by atoms with E-state index in [0.717, 1.165) is 12.2 Å². The molecule has 0 spiro atoms. The van der Waals surface area contributed by atoms with Crippen molar-refractivity contribution in [2.45, 2.75) is 20.3 Å². The average molecular weight is 134 g/mol. The van der Waals surface area contributed by atoms with Crippen LogP contribution in [0.4, 0.5) is 0 Å².